The van der Waals surface area contributed by atoms with Gasteiger partial charge in [0.25, 0.3) is 0 Å². The van der Waals surface area contributed by atoms with Crippen molar-refractivity contribution >= 4 is 0 Å². The first-order chi connectivity index (χ1) is 4.77. The molecule has 0 saturated carbocycles. The van der Waals surface area contributed by atoms with Crippen molar-refractivity contribution in [3.63, 3.8) is 0 Å². The number of hydrogen-bond donors (Lipinski definition) is 1. The highest BCUT2D eigenvalue weighted by Gasteiger charge is 1.87. The van der Waals surface area contributed by atoms with Crippen molar-refractivity contribution in [3.05, 3.63) is 12.7 Å². The molecule has 60 valence electrons. The molecule has 0 unspecified atom stereocenters. The molecule has 0 amide bonds. The molecule has 0 heterocycles. The number of rotatable bonds is 6. The van der Waals surface area contributed by atoms with Crippen LogP contribution in [-0.2, 0) is 0 Å². The number of hydrogen-bond acceptors (Lipinski definition) is 2. The van der Waals surface area contributed by atoms with E-state index < -0.39 is 0 Å². The third kappa shape index (κ3) is 7.66. The number of nitrogens with one attached hydrogen (secondary N) is 1. The minimum Gasteiger partial charge on any atom is -0.313 e. The summed E-state index contributed by atoms with van der Waals surface area (Å²) in [4.78, 5) is 2.19. The zero-order valence-corrected chi connectivity index (χ0v) is 7.06. The second-order valence-electron chi connectivity index (χ2n) is 2.65. The van der Waals surface area contributed by atoms with Crippen LogP contribution < -0.4 is 5.32 Å². The molecule has 0 spiro atoms. The zero-order valence-electron chi connectivity index (χ0n) is 7.06. The van der Waals surface area contributed by atoms with Gasteiger partial charge in [-0.2, -0.15) is 0 Å². The summed E-state index contributed by atoms with van der Waals surface area (Å²) in [5.74, 6) is 0. The van der Waals surface area contributed by atoms with Crippen LogP contribution in [-0.4, -0.2) is 38.6 Å². The van der Waals surface area contributed by atoms with E-state index in [9.17, 15) is 0 Å². The Morgan fingerprint density at radius 3 is 2.70 bits per heavy atom. The molecule has 2 nitrogen and oxygen atoms in total. The highest BCUT2D eigenvalue weighted by Crippen LogP contribution is 1.79. The third-order valence-electron chi connectivity index (χ3n) is 1.25. The van der Waals surface area contributed by atoms with Crippen LogP contribution >= 0.6 is 0 Å². The average Bonchev–Trinajstić information content (AvgIpc) is 1.87. The van der Waals surface area contributed by atoms with Crippen molar-refractivity contribution < 1.29 is 0 Å². The fourth-order valence-electron chi connectivity index (χ4n) is 0.724. The van der Waals surface area contributed by atoms with Crippen LogP contribution in [0.2, 0.25) is 0 Å². The molecule has 2 heteroatoms. The first-order valence-corrected chi connectivity index (χ1v) is 3.73. The lowest BCUT2D eigenvalue weighted by Gasteiger charge is -2.08. The molecule has 0 aliphatic heterocycles. The standard InChI is InChI=1S/C8H18N2/c1-4-6-9-7-5-8-10(2)3/h4,9H,1,5-8H2,2-3H3. The summed E-state index contributed by atoms with van der Waals surface area (Å²) < 4.78 is 0. The van der Waals surface area contributed by atoms with E-state index in [4.69, 9.17) is 0 Å². The Morgan fingerprint density at radius 2 is 2.20 bits per heavy atom. The van der Waals surface area contributed by atoms with Crippen LogP contribution in [0.15, 0.2) is 12.7 Å². The molecule has 0 saturated heterocycles. The molecule has 0 aromatic carbocycles. The Hall–Kier alpha value is -0.340. The van der Waals surface area contributed by atoms with Gasteiger partial charge >= 0.3 is 0 Å². The van der Waals surface area contributed by atoms with Crippen LogP contribution in [0.3, 0.4) is 0 Å². The maximum Gasteiger partial charge on any atom is 0.0132 e. The Kier molecular flexibility index (Phi) is 6.55. The van der Waals surface area contributed by atoms with Crippen LogP contribution in [0, 0.1) is 0 Å². The topological polar surface area (TPSA) is 15.3 Å². The molecule has 0 radical (unpaired) electrons. The minimum atomic E-state index is 0.924. The first-order valence-electron chi connectivity index (χ1n) is 3.73. The highest BCUT2D eigenvalue weighted by atomic mass is 15.0. The SMILES string of the molecule is C=CCNCCCN(C)C. The molecule has 0 aliphatic rings. The van der Waals surface area contributed by atoms with Gasteiger partial charge in [-0.25, -0.2) is 0 Å². The molecular weight excluding hydrogens is 124 g/mol. The van der Waals surface area contributed by atoms with E-state index in [1.807, 2.05) is 6.08 Å². The summed E-state index contributed by atoms with van der Waals surface area (Å²) in [6, 6.07) is 0. The van der Waals surface area contributed by atoms with Crippen molar-refractivity contribution in [1.82, 2.24) is 10.2 Å². The zero-order chi connectivity index (χ0) is 7.82. The van der Waals surface area contributed by atoms with Crippen molar-refractivity contribution in [3.8, 4) is 0 Å². The molecule has 0 aromatic heterocycles. The second kappa shape index (κ2) is 6.78. The van der Waals surface area contributed by atoms with E-state index in [0.29, 0.717) is 0 Å². The van der Waals surface area contributed by atoms with Gasteiger partial charge in [-0.3, -0.25) is 0 Å². The Labute approximate surface area is 63.9 Å². The molecule has 0 bridgehead atoms. The smallest absolute Gasteiger partial charge is 0.0132 e. The van der Waals surface area contributed by atoms with Gasteiger partial charge in [0.15, 0.2) is 0 Å². The summed E-state index contributed by atoms with van der Waals surface area (Å²) in [6.45, 7) is 6.79. The highest BCUT2D eigenvalue weighted by molar-refractivity contribution is 4.69. The lowest BCUT2D eigenvalue weighted by atomic mass is 10.4. The van der Waals surface area contributed by atoms with Crippen molar-refractivity contribution in [1.29, 1.82) is 0 Å². The van der Waals surface area contributed by atoms with E-state index in [-0.39, 0.29) is 0 Å². The fraction of sp³-hybridized carbons (Fsp3) is 0.750. The minimum absolute atomic E-state index is 0.924. The Balaban J connectivity index is 2.83. The molecule has 0 rings (SSSR count). The van der Waals surface area contributed by atoms with Crippen LogP contribution in [0.25, 0.3) is 0 Å². The summed E-state index contributed by atoms with van der Waals surface area (Å²) in [5, 5.41) is 3.25. The largest absolute Gasteiger partial charge is 0.313 e. The maximum absolute atomic E-state index is 3.62. The van der Waals surface area contributed by atoms with Gasteiger partial charge < -0.3 is 10.2 Å². The number of nitrogens with zero attached hydrogens (tertiary/aromatic N) is 1. The molecule has 10 heavy (non-hydrogen) atoms. The van der Waals surface area contributed by atoms with E-state index >= 15 is 0 Å². The summed E-state index contributed by atoms with van der Waals surface area (Å²) >= 11 is 0. The van der Waals surface area contributed by atoms with E-state index in [0.717, 1.165) is 19.6 Å². The predicted octanol–water partition coefficient (Wildman–Crippen LogP) is 0.714. The van der Waals surface area contributed by atoms with Gasteiger partial charge in [0.1, 0.15) is 0 Å². The fourth-order valence-corrected chi connectivity index (χ4v) is 0.724. The molecular formula is C8H18N2. The van der Waals surface area contributed by atoms with Gasteiger partial charge in [-0.05, 0) is 33.6 Å². The third-order valence-corrected chi connectivity index (χ3v) is 1.25. The van der Waals surface area contributed by atoms with Crippen LogP contribution in [0.5, 0.6) is 0 Å². The summed E-state index contributed by atoms with van der Waals surface area (Å²) in [6.07, 6.45) is 3.09. The van der Waals surface area contributed by atoms with Gasteiger partial charge in [0.05, 0.1) is 0 Å². The van der Waals surface area contributed by atoms with Crippen molar-refractivity contribution in [2.45, 2.75) is 6.42 Å². The lowest BCUT2D eigenvalue weighted by Crippen LogP contribution is -2.21. The Bertz CT molecular complexity index is 79.3. The Morgan fingerprint density at radius 1 is 1.50 bits per heavy atom. The van der Waals surface area contributed by atoms with Crippen molar-refractivity contribution in [2.75, 3.05) is 33.7 Å². The van der Waals surface area contributed by atoms with Crippen LogP contribution in [0.1, 0.15) is 6.42 Å². The average molecular weight is 142 g/mol. The predicted molar refractivity (Wildman–Crippen MR) is 46.2 cm³/mol. The van der Waals surface area contributed by atoms with Gasteiger partial charge in [-0.1, -0.05) is 6.08 Å². The van der Waals surface area contributed by atoms with Gasteiger partial charge in [0, 0.05) is 6.54 Å². The van der Waals surface area contributed by atoms with E-state index in [1.54, 1.807) is 0 Å². The van der Waals surface area contributed by atoms with Crippen molar-refractivity contribution in [2.24, 2.45) is 0 Å². The molecule has 1 N–H and O–H groups in total. The first kappa shape index (κ1) is 9.66. The second-order valence-corrected chi connectivity index (χ2v) is 2.65. The van der Waals surface area contributed by atoms with Crippen LogP contribution in [0.4, 0.5) is 0 Å². The summed E-state index contributed by atoms with van der Waals surface area (Å²) in [7, 11) is 4.18. The molecule has 0 aromatic rings. The lowest BCUT2D eigenvalue weighted by molar-refractivity contribution is 0.396. The molecule has 0 fully saturated rings. The van der Waals surface area contributed by atoms with E-state index in [1.165, 1.54) is 6.42 Å². The monoisotopic (exact) mass is 142 g/mol. The summed E-state index contributed by atoms with van der Waals surface area (Å²) in [5.41, 5.74) is 0. The van der Waals surface area contributed by atoms with Gasteiger partial charge in [0.2, 0.25) is 0 Å². The maximum atomic E-state index is 3.62. The molecule has 0 aliphatic carbocycles. The van der Waals surface area contributed by atoms with Gasteiger partial charge in [-0.15, -0.1) is 6.58 Å². The van der Waals surface area contributed by atoms with E-state index in [2.05, 4.69) is 30.9 Å². The normalized spacial score (nSPS) is 10.3. The molecule has 0 atom stereocenters. The quantitative estimate of drug-likeness (QED) is 0.434.